The molecule has 0 saturated heterocycles. The molecule has 6 aromatic carbocycles. The number of fused-ring (bicyclic) bond motifs is 11. The summed E-state index contributed by atoms with van der Waals surface area (Å²) >= 11 is 0. The minimum atomic E-state index is -0.525. The van der Waals surface area contributed by atoms with Crippen LogP contribution in [-0.2, 0) is 7.05 Å². The quantitative estimate of drug-likeness (QED) is 0.152. The van der Waals surface area contributed by atoms with E-state index in [4.69, 9.17) is 0 Å². The summed E-state index contributed by atoms with van der Waals surface area (Å²) in [5, 5.41) is 12.5. The van der Waals surface area contributed by atoms with Gasteiger partial charge in [-0.3, -0.25) is 0 Å². The lowest BCUT2D eigenvalue weighted by Gasteiger charge is -2.08. The number of aryl methyl sites for hydroxylation is 1. The van der Waals surface area contributed by atoms with Crippen molar-refractivity contribution in [3.8, 4) is 11.1 Å². The molecule has 7 aromatic rings. The fourth-order valence-corrected chi connectivity index (χ4v) is 9.99. The predicted octanol–water partition coefficient (Wildman–Crippen LogP) is 9.27. The Hall–Kier alpha value is -4.71. The Kier molecular flexibility index (Phi) is 4.86. The summed E-state index contributed by atoms with van der Waals surface area (Å²) < 4.78 is 2.41. The van der Waals surface area contributed by atoms with Gasteiger partial charge in [-0.2, -0.15) is 0 Å². The Morgan fingerprint density at radius 2 is 1.32 bits per heavy atom. The highest BCUT2D eigenvalue weighted by Crippen LogP contribution is 2.44. The van der Waals surface area contributed by atoms with Crippen LogP contribution in [0.3, 0.4) is 0 Å². The van der Waals surface area contributed by atoms with Crippen LogP contribution in [0.25, 0.3) is 60.1 Å². The normalized spacial score (nSPS) is 15.2. The molecule has 1 nitrogen and oxygen atoms in total. The third-order valence-corrected chi connectivity index (χ3v) is 11.7. The average molecular weight is 541 g/mol. The first-order chi connectivity index (χ1) is 20.3. The minimum absolute atomic E-state index is 0.525. The summed E-state index contributed by atoms with van der Waals surface area (Å²) in [4.78, 5) is 0. The Labute approximate surface area is 240 Å². The average Bonchev–Trinajstić information content (AvgIpc) is 3.53. The van der Waals surface area contributed by atoms with Gasteiger partial charge in [0.05, 0.1) is 5.52 Å². The summed E-state index contributed by atoms with van der Waals surface area (Å²) in [7, 11) is 1.70. The van der Waals surface area contributed by atoms with E-state index >= 15 is 0 Å². The molecule has 2 heterocycles. The fourth-order valence-electron chi connectivity index (χ4n) is 7.21. The van der Waals surface area contributed by atoms with E-state index in [-0.39, 0.29) is 0 Å². The smallest absolute Gasteiger partial charge is 0.175 e. The molecule has 0 saturated carbocycles. The zero-order chi connectivity index (χ0) is 27.1. The first kappa shape index (κ1) is 23.0. The van der Waals surface area contributed by atoms with Gasteiger partial charge in [0, 0.05) is 46.3 Å². The summed E-state index contributed by atoms with van der Waals surface area (Å²) in [6.45, 7) is 0. The van der Waals surface area contributed by atoms with Crippen molar-refractivity contribution in [2.24, 2.45) is 7.05 Å². The highest BCUT2D eigenvalue weighted by atomic mass is 31.1. The molecule has 9 rings (SSSR count). The summed E-state index contributed by atoms with van der Waals surface area (Å²) in [6.07, 6.45) is 7.89. The monoisotopic (exact) mass is 540 g/mol. The number of benzene rings is 6. The molecule has 0 fully saturated rings. The van der Waals surface area contributed by atoms with E-state index in [9.17, 15) is 0 Å². The largest absolute Gasteiger partial charge is 0.343 e. The molecule has 0 bridgehead atoms. The first-order valence-corrected chi connectivity index (χ1v) is 15.7. The minimum Gasteiger partial charge on any atom is -0.343 e. The van der Waals surface area contributed by atoms with E-state index in [2.05, 4.69) is 145 Å². The van der Waals surface area contributed by atoms with E-state index in [1.165, 1.54) is 76.2 Å². The predicted molar refractivity (Wildman–Crippen MR) is 180 cm³/mol. The van der Waals surface area contributed by atoms with Crippen LogP contribution in [0.2, 0.25) is 0 Å². The second kappa shape index (κ2) is 8.64. The van der Waals surface area contributed by atoms with Gasteiger partial charge in [0.1, 0.15) is 5.29 Å². The van der Waals surface area contributed by atoms with E-state index in [1.807, 2.05) is 0 Å². The number of aromatic nitrogens is 1. The molecule has 1 unspecified atom stereocenters. The standard InChI is InChI=1S/C39H27NP/c1-40-35-23-25(20-22-34(35)38-32-16-7-5-13-28(32)29-14-6-8-17-33(29)39(38)40)26-19-21-31-30-15-9-10-18-36(30)41(37(31)24-26)27-11-3-2-4-12-27/h2-17,19-24H,18H2,1H3/q+1. The maximum absolute atomic E-state index is 2.48. The zero-order valence-electron chi connectivity index (χ0n) is 22.8. The van der Waals surface area contributed by atoms with Crippen LogP contribution in [0.15, 0.2) is 133 Å². The summed E-state index contributed by atoms with van der Waals surface area (Å²) in [6, 6.07) is 43.1. The van der Waals surface area contributed by atoms with Gasteiger partial charge in [0.15, 0.2) is 18.2 Å². The molecule has 0 N–H and O–H groups in total. The topological polar surface area (TPSA) is 4.93 Å². The molecule has 1 atom stereocenters. The van der Waals surface area contributed by atoms with Crippen LogP contribution in [0.4, 0.5) is 0 Å². The van der Waals surface area contributed by atoms with Crippen LogP contribution in [0.1, 0.15) is 12.0 Å². The van der Waals surface area contributed by atoms with Crippen molar-refractivity contribution >= 4 is 72.4 Å². The number of allylic oxidation sites excluding steroid dienone is 4. The Morgan fingerprint density at radius 3 is 2.15 bits per heavy atom. The Morgan fingerprint density at radius 1 is 0.634 bits per heavy atom. The van der Waals surface area contributed by atoms with Gasteiger partial charge < -0.3 is 4.57 Å². The van der Waals surface area contributed by atoms with Gasteiger partial charge in [-0.15, -0.1) is 0 Å². The molecule has 0 amide bonds. The maximum atomic E-state index is 2.48. The molecule has 1 aliphatic carbocycles. The van der Waals surface area contributed by atoms with E-state index in [0.29, 0.717) is 0 Å². The second-order valence-corrected chi connectivity index (χ2v) is 13.4. The number of rotatable bonds is 2. The van der Waals surface area contributed by atoms with E-state index < -0.39 is 7.55 Å². The number of hydrogen-bond acceptors (Lipinski definition) is 0. The third-order valence-electron chi connectivity index (χ3n) is 9.04. The van der Waals surface area contributed by atoms with Crippen LogP contribution in [-0.4, -0.2) is 9.86 Å². The van der Waals surface area contributed by atoms with Gasteiger partial charge in [-0.25, -0.2) is 0 Å². The molecule has 1 aromatic heterocycles. The van der Waals surface area contributed by atoms with Crippen molar-refractivity contribution in [1.82, 2.24) is 4.57 Å². The molecular weight excluding hydrogens is 513 g/mol. The summed E-state index contributed by atoms with van der Waals surface area (Å²) in [5.74, 6) is 0. The summed E-state index contributed by atoms with van der Waals surface area (Å²) in [5.41, 5.74) is 8.00. The van der Waals surface area contributed by atoms with Crippen molar-refractivity contribution in [3.05, 3.63) is 139 Å². The van der Waals surface area contributed by atoms with Crippen molar-refractivity contribution in [2.75, 3.05) is 0 Å². The molecule has 0 radical (unpaired) electrons. The maximum Gasteiger partial charge on any atom is 0.175 e. The number of hydrogen-bond donors (Lipinski definition) is 0. The molecule has 1 aliphatic heterocycles. The lowest BCUT2D eigenvalue weighted by molar-refractivity contribution is 1.02. The van der Waals surface area contributed by atoms with Crippen LogP contribution in [0, 0.1) is 0 Å². The molecule has 192 valence electrons. The lowest BCUT2D eigenvalue weighted by atomic mass is 9.94. The van der Waals surface area contributed by atoms with Crippen molar-refractivity contribution in [2.45, 2.75) is 6.42 Å². The molecule has 41 heavy (non-hydrogen) atoms. The van der Waals surface area contributed by atoms with Gasteiger partial charge >= 0.3 is 0 Å². The van der Waals surface area contributed by atoms with Crippen molar-refractivity contribution in [3.63, 3.8) is 0 Å². The van der Waals surface area contributed by atoms with Crippen LogP contribution >= 0.6 is 7.55 Å². The number of nitrogens with zero attached hydrogens (tertiary/aromatic N) is 1. The van der Waals surface area contributed by atoms with Gasteiger partial charge in [-0.1, -0.05) is 103 Å². The fraction of sp³-hybridized carbons (Fsp3) is 0.0513. The van der Waals surface area contributed by atoms with Crippen LogP contribution in [0.5, 0.6) is 0 Å². The highest BCUT2D eigenvalue weighted by Gasteiger charge is 2.38. The van der Waals surface area contributed by atoms with Gasteiger partial charge in [-0.05, 0) is 57.6 Å². The third kappa shape index (κ3) is 3.22. The Balaban J connectivity index is 1.29. The van der Waals surface area contributed by atoms with Gasteiger partial charge in [0.2, 0.25) is 0 Å². The van der Waals surface area contributed by atoms with Gasteiger partial charge in [0.25, 0.3) is 0 Å². The van der Waals surface area contributed by atoms with E-state index in [1.54, 1.807) is 5.29 Å². The zero-order valence-corrected chi connectivity index (χ0v) is 23.7. The molecule has 0 spiro atoms. The Bertz CT molecular complexity index is 2330. The van der Waals surface area contributed by atoms with E-state index in [0.717, 1.165) is 6.42 Å². The van der Waals surface area contributed by atoms with Crippen molar-refractivity contribution < 1.29 is 0 Å². The second-order valence-electron chi connectivity index (χ2n) is 11.2. The molecular formula is C39H27NP+. The molecule has 2 heteroatoms. The van der Waals surface area contributed by atoms with Crippen molar-refractivity contribution in [1.29, 1.82) is 0 Å². The SMILES string of the molecule is Cn1c2cc(-c3ccc4c(c3)[P+](c3ccccc3)=C3CC=CC=C34)ccc2c2c3ccccc3c3ccccc3c21. The lowest BCUT2D eigenvalue weighted by Crippen LogP contribution is -2.08. The first-order valence-electron chi connectivity index (χ1n) is 14.3. The highest BCUT2D eigenvalue weighted by molar-refractivity contribution is 7.75. The van der Waals surface area contributed by atoms with Crippen LogP contribution < -0.4 is 10.6 Å². The molecule has 2 aliphatic rings.